The Morgan fingerprint density at radius 1 is 1.45 bits per heavy atom. The van der Waals surface area contributed by atoms with E-state index in [0.29, 0.717) is 13.1 Å². The van der Waals surface area contributed by atoms with Crippen LogP contribution in [-0.4, -0.2) is 44.1 Å². The van der Waals surface area contributed by atoms with Crippen molar-refractivity contribution in [2.24, 2.45) is 0 Å². The zero-order chi connectivity index (χ0) is 14.1. The van der Waals surface area contributed by atoms with Crippen LogP contribution in [0.25, 0.3) is 0 Å². The quantitative estimate of drug-likeness (QED) is 0.829. The van der Waals surface area contributed by atoms with E-state index in [9.17, 15) is 9.59 Å². The summed E-state index contributed by atoms with van der Waals surface area (Å²) in [7, 11) is 0. The highest BCUT2D eigenvalue weighted by atomic mass is 16.2. The van der Waals surface area contributed by atoms with Gasteiger partial charge in [-0.25, -0.2) is 10.1 Å². The number of rotatable bonds is 2. The fraction of sp³-hybridized carbons (Fsp3) is 0.385. The topological polar surface area (TPSA) is 94.7 Å². The van der Waals surface area contributed by atoms with Gasteiger partial charge < -0.3 is 9.88 Å². The molecule has 7 heteroatoms. The lowest BCUT2D eigenvalue weighted by molar-refractivity contribution is 0.0783. The van der Waals surface area contributed by atoms with Crippen LogP contribution in [0.1, 0.15) is 34.3 Å². The largest absolute Gasteiger partial charge is 0.346 e. The fourth-order valence-electron chi connectivity index (χ4n) is 2.43. The number of amides is 1. The van der Waals surface area contributed by atoms with Gasteiger partial charge in [0.2, 0.25) is 0 Å². The normalized spacial score (nSPS) is 18.4. The van der Waals surface area contributed by atoms with Gasteiger partial charge in [0.15, 0.2) is 0 Å². The molecule has 1 fully saturated rings. The average Bonchev–Trinajstić information content (AvgIpc) is 3.07. The Labute approximate surface area is 115 Å². The summed E-state index contributed by atoms with van der Waals surface area (Å²) in [6.45, 7) is 3.25. The number of carbonyl (C=O) groups is 1. The van der Waals surface area contributed by atoms with Gasteiger partial charge in [0.25, 0.3) is 11.5 Å². The zero-order valence-corrected chi connectivity index (χ0v) is 11.1. The monoisotopic (exact) mass is 273 g/mol. The number of hydrogen-bond acceptors (Lipinski definition) is 4. The molecule has 1 aliphatic heterocycles. The van der Waals surface area contributed by atoms with Crippen molar-refractivity contribution < 1.29 is 4.79 Å². The summed E-state index contributed by atoms with van der Waals surface area (Å²) in [5, 5.41) is 6.05. The molecule has 3 rings (SSSR count). The molecule has 1 aliphatic rings. The number of likely N-dealkylation sites (tertiary alicyclic amines) is 1. The summed E-state index contributed by atoms with van der Waals surface area (Å²) in [5.41, 5.74) is 0.972. The van der Waals surface area contributed by atoms with Crippen molar-refractivity contribution in [2.75, 3.05) is 13.1 Å². The van der Waals surface area contributed by atoms with E-state index >= 15 is 0 Å². The first-order valence-electron chi connectivity index (χ1n) is 6.50. The zero-order valence-electron chi connectivity index (χ0n) is 11.1. The Bertz CT molecular complexity index is 670. The molecule has 0 bridgehead atoms. The number of aromatic amines is 2. The Morgan fingerprint density at radius 3 is 2.95 bits per heavy atom. The molecule has 2 aromatic heterocycles. The fourth-order valence-corrected chi connectivity index (χ4v) is 2.43. The maximum Gasteiger partial charge on any atom is 0.274 e. The first kappa shape index (κ1) is 12.6. The molecule has 0 aliphatic carbocycles. The average molecular weight is 273 g/mol. The lowest BCUT2D eigenvalue weighted by Crippen LogP contribution is -2.30. The summed E-state index contributed by atoms with van der Waals surface area (Å²) < 4.78 is 0. The summed E-state index contributed by atoms with van der Waals surface area (Å²) in [5.74, 6) is 0.995. The summed E-state index contributed by atoms with van der Waals surface area (Å²) in [6.07, 6.45) is 2.67. The molecular weight excluding hydrogens is 258 g/mol. The van der Waals surface area contributed by atoms with Crippen molar-refractivity contribution in [2.45, 2.75) is 19.3 Å². The van der Waals surface area contributed by atoms with Gasteiger partial charge in [0, 0.05) is 37.0 Å². The minimum atomic E-state index is -0.313. The lowest BCUT2D eigenvalue weighted by atomic mass is 10.1. The van der Waals surface area contributed by atoms with Gasteiger partial charge >= 0.3 is 0 Å². The van der Waals surface area contributed by atoms with Crippen molar-refractivity contribution in [3.8, 4) is 0 Å². The second-order valence-corrected chi connectivity index (χ2v) is 4.99. The van der Waals surface area contributed by atoms with Crippen LogP contribution >= 0.6 is 0 Å². The molecule has 104 valence electrons. The van der Waals surface area contributed by atoms with Crippen LogP contribution in [0.15, 0.2) is 23.1 Å². The van der Waals surface area contributed by atoms with E-state index in [1.54, 1.807) is 11.1 Å². The number of carbonyl (C=O) groups excluding carboxylic acids is 1. The smallest absolute Gasteiger partial charge is 0.274 e. The Balaban J connectivity index is 1.72. The molecule has 0 saturated carbocycles. The van der Waals surface area contributed by atoms with Crippen molar-refractivity contribution in [3.63, 3.8) is 0 Å². The predicted octanol–water partition coefficient (Wildman–Crippen LogP) is 0.431. The van der Waals surface area contributed by atoms with Gasteiger partial charge in [-0.15, -0.1) is 0 Å². The van der Waals surface area contributed by atoms with Gasteiger partial charge in [-0.2, -0.15) is 5.10 Å². The van der Waals surface area contributed by atoms with Crippen LogP contribution in [0, 0.1) is 6.92 Å². The summed E-state index contributed by atoms with van der Waals surface area (Å²) in [6, 6.07) is 2.76. The van der Waals surface area contributed by atoms with Crippen molar-refractivity contribution in [1.82, 2.24) is 25.1 Å². The highest BCUT2D eigenvalue weighted by Crippen LogP contribution is 2.25. The number of nitrogens with one attached hydrogen (secondary N) is 2. The van der Waals surface area contributed by atoms with Gasteiger partial charge in [0.1, 0.15) is 11.5 Å². The molecule has 1 unspecified atom stereocenters. The van der Waals surface area contributed by atoms with E-state index < -0.39 is 0 Å². The number of H-pyrrole nitrogens is 2. The van der Waals surface area contributed by atoms with Gasteiger partial charge in [-0.1, -0.05) is 0 Å². The van der Waals surface area contributed by atoms with Crippen molar-refractivity contribution in [1.29, 1.82) is 0 Å². The van der Waals surface area contributed by atoms with E-state index in [2.05, 4.69) is 20.2 Å². The van der Waals surface area contributed by atoms with Crippen LogP contribution in [0.5, 0.6) is 0 Å². The number of imidazole rings is 1. The van der Waals surface area contributed by atoms with Crippen molar-refractivity contribution >= 4 is 5.91 Å². The van der Waals surface area contributed by atoms with Gasteiger partial charge in [0.05, 0.1) is 0 Å². The van der Waals surface area contributed by atoms with Crippen LogP contribution < -0.4 is 5.56 Å². The summed E-state index contributed by atoms with van der Waals surface area (Å²) >= 11 is 0. The number of aromatic nitrogens is 4. The molecule has 7 nitrogen and oxygen atoms in total. The van der Waals surface area contributed by atoms with E-state index in [4.69, 9.17) is 0 Å². The molecule has 1 saturated heterocycles. The van der Waals surface area contributed by atoms with E-state index in [1.807, 2.05) is 6.92 Å². The van der Waals surface area contributed by atoms with Crippen LogP contribution in [0.3, 0.4) is 0 Å². The molecule has 0 spiro atoms. The molecule has 3 heterocycles. The van der Waals surface area contributed by atoms with E-state index in [0.717, 1.165) is 17.9 Å². The maximum absolute atomic E-state index is 12.3. The van der Waals surface area contributed by atoms with Gasteiger partial charge in [-0.3, -0.25) is 9.59 Å². The van der Waals surface area contributed by atoms with E-state index in [1.165, 1.54) is 12.1 Å². The molecule has 2 aromatic rings. The Kier molecular flexibility index (Phi) is 3.09. The molecule has 2 N–H and O–H groups in total. The third-order valence-electron chi connectivity index (χ3n) is 3.48. The first-order chi connectivity index (χ1) is 9.63. The molecule has 20 heavy (non-hydrogen) atoms. The highest BCUT2D eigenvalue weighted by molar-refractivity contribution is 5.92. The molecule has 1 amide bonds. The summed E-state index contributed by atoms with van der Waals surface area (Å²) in [4.78, 5) is 32.5. The van der Waals surface area contributed by atoms with Crippen LogP contribution in [0.2, 0.25) is 0 Å². The predicted molar refractivity (Wildman–Crippen MR) is 71.4 cm³/mol. The SMILES string of the molecule is Cc1cnc(C2CCN(C(=O)c3ccc(=O)[nH]n3)C2)[nH]1. The number of aryl methyl sites for hydroxylation is 1. The molecule has 0 radical (unpaired) electrons. The lowest BCUT2D eigenvalue weighted by Gasteiger charge is -2.15. The maximum atomic E-state index is 12.3. The second-order valence-electron chi connectivity index (χ2n) is 4.99. The van der Waals surface area contributed by atoms with Crippen molar-refractivity contribution in [3.05, 3.63) is 45.9 Å². The first-order valence-corrected chi connectivity index (χ1v) is 6.50. The minimum absolute atomic E-state index is 0.160. The third kappa shape index (κ3) is 2.34. The minimum Gasteiger partial charge on any atom is -0.346 e. The van der Waals surface area contributed by atoms with Crippen LogP contribution in [0.4, 0.5) is 0 Å². The molecule has 0 aromatic carbocycles. The second kappa shape index (κ2) is 4.92. The molecule has 1 atom stereocenters. The van der Waals surface area contributed by atoms with Crippen LogP contribution in [-0.2, 0) is 0 Å². The van der Waals surface area contributed by atoms with E-state index in [-0.39, 0.29) is 23.1 Å². The Hall–Kier alpha value is -2.44. The Morgan fingerprint density at radius 2 is 2.30 bits per heavy atom. The highest BCUT2D eigenvalue weighted by Gasteiger charge is 2.30. The van der Waals surface area contributed by atoms with Gasteiger partial charge in [-0.05, 0) is 19.4 Å². The molecular formula is C13H15N5O2. The number of nitrogens with zero attached hydrogens (tertiary/aromatic N) is 3. The standard InChI is InChI=1S/C13H15N5O2/c1-8-6-14-12(15-8)9-4-5-18(7-9)13(20)10-2-3-11(19)17-16-10/h2-3,6,9H,4-5,7H2,1H3,(H,14,15)(H,17,19). The third-order valence-corrected chi connectivity index (χ3v) is 3.48. The number of hydrogen-bond donors (Lipinski definition) is 2.